The molecule has 0 aliphatic carbocycles. The minimum atomic E-state index is -0.721. The van der Waals surface area contributed by atoms with Gasteiger partial charge in [-0.2, -0.15) is 5.10 Å². The number of carbonyl (C=O) groups is 1. The number of pyridine rings is 1. The van der Waals surface area contributed by atoms with Crippen molar-refractivity contribution >= 4 is 16.8 Å². The van der Waals surface area contributed by atoms with E-state index >= 15 is 0 Å². The van der Waals surface area contributed by atoms with Crippen molar-refractivity contribution < 1.29 is 4.79 Å². The number of aromatic amines is 1. The lowest BCUT2D eigenvalue weighted by molar-refractivity contribution is -0.132. The highest BCUT2D eigenvalue weighted by molar-refractivity contribution is 5.85. The molecule has 0 aliphatic rings. The van der Waals surface area contributed by atoms with E-state index in [4.69, 9.17) is 5.73 Å². The molecule has 0 saturated heterocycles. The van der Waals surface area contributed by atoms with E-state index in [1.54, 1.807) is 18.1 Å². The zero-order chi connectivity index (χ0) is 17.3. The van der Waals surface area contributed by atoms with Crippen molar-refractivity contribution in [2.75, 3.05) is 7.05 Å². The fraction of sp³-hybridized carbons (Fsp3) is 0.278. The Kier molecular flexibility index (Phi) is 4.31. The Hall–Kier alpha value is -2.73. The van der Waals surface area contributed by atoms with Gasteiger partial charge in [-0.1, -0.05) is 18.2 Å². The number of nitrogens with one attached hydrogen (secondary N) is 1. The zero-order valence-corrected chi connectivity index (χ0v) is 14.1. The van der Waals surface area contributed by atoms with Gasteiger partial charge in [-0.3, -0.25) is 14.9 Å². The minimum absolute atomic E-state index is 0.136. The van der Waals surface area contributed by atoms with Crippen LogP contribution < -0.4 is 5.73 Å². The molecule has 24 heavy (non-hydrogen) atoms. The van der Waals surface area contributed by atoms with Gasteiger partial charge in [0.15, 0.2) is 0 Å². The van der Waals surface area contributed by atoms with Crippen LogP contribution in [0.1, 0.15) is 28.6 Å². The summed E-state index contributed by atoms with van der Waals surface area (Å²) in [6, 6.07) is 9.12. The van der Waals surface area contributed by atoms with E-state index in [9.17, 15) is 4.79 Å². The highest BCUT2D eigenvalue weighted by Crippen LogP contribution is 2.22. The van der Waals surface area contributed by atoms with Gasteiger partial charge in [0.2, 0.25) is 5.91 Å². The Balaban J connectivity index is 1.84. The molecule has 1 amide bonds. The first-order chi connectivity index (χ1) is 11.5. The number of H-pyrrole nitrogens is 1. The van der Waals surface area contributed by atoms with Gasteiger partial charge < -0.3 is 10.6 Å². The second-order valence-corrected chi connectivity index (χ2v) is 6.01. The van der Waals surface area contributed by atoms with Crippen LogP contribution in [0.5, 0.6) is 0 Å². The SMILES string of the molecule is Cc1n[nH]c(C)c1[C@H](N)C(=O)N(C)Cc1ccnc2ccccc12. The molecule has 0 saturated carbocycles. The summed E-state index contributed by atoms with van der Waals surface area (Å²) >= 11 is 0. The number of benzene rings is 1. The molecule has 0 fully saturated rings. The monoisotopic (exact) mass is 323 g/mol. The van der Waals surface area contributed by atoms with Crippen LogP contribution in [0, 0.1) is 13.8 Å². The van der Waals surface area contributed by atoms with Gasteiger partial charge in [-0.15, -0.1) is 0 Å². The summed E-state index contributed by atoms with van der Waals surface area (Å²) in [7, 11) is 1.77. The minimum Gasteiger partial charge on any atom is -0.340 e. The largest absolute Gasteiger partial charge is 0.340 e. The molecule has 3 aromatic rings. The number of rotatable bonds is 4. The Labute approximate surface area is 140 Å². The lowest BCUT2D eigenvalue weighted by Crippen LogP contribution is -2.36. The quantitative estimate of drug-likeness (QED) is 0.770. The maximum absolute atomic E-state index is 12.7. The van der Waals surface area contributed by atoms with Crippen molar-refractivity contribution in [3.8, 4) is 0 Å². The summed E-state index contributed by atoms with van der Waals surface area (Å²) in [4.78, 5) is 18.7. The number of likely N-dealkylation sites (N-methyl/N-ethyl adjacent to an activating group) is 1. The molecule has 0 aliphatic heterocycles. The maximum Gasteiger partial charge on any atom is 0.244 e. The first-order valence-corrected chi connectivity index (χ1v) is 7.83. The predicted octanol–water partition coefficient (Wildman–Crippen LogP) is 2.23. The van der Waals surface area contributed by atoms with Crippen molar-refractivity contribution in [3.63, 3.8) is 0 Å². The number of aryl methyl sites for hydroxylation is 2. The predicted molar refractivity (Wildman–Crippen MR) is 93.2 cm³/mol. The van der Waals surface area contributed by atoms with E-state index in [0.717, 1.165) is 33.4 Å². The number of amides is 1. The van der Waals surface area contributed by atoms with E-state index in [1.165, 1.54) is 0 Å². The van der Waals surface area contributed by atoms with E-state index in [1.807, 2.05) is 44.2 Å². The molecule has 3 N–H and O–H groups in total. The van der Waals surface area contributed by atoms with Crippen molar-refractivity contribution in [1.82, 2.24) is 20.1 Å². The molecule has 0 unspecified atom stereocenters. The molecule has 2 aromatic heterocycles. The fourth-order valence-electron chi connectivity index (χ4n) is 3.01. The highest BCUT2D eigenvalue weighted by atomic mass is 16.2. The molecule has 1 atom stereocenters. The molecule has 3 rings (SSSR count). The van der Waals surface area contributed by atoms with Gasteiger partial charge in [-0.05, 0) is 31.5 Å². The van der Waals surface area contributed by atoms with Crippen molar-refractivity contribution in [2.45, 2.75) is 26.4 Å². The van der Waals surface area contributed by atoms with E-state index in [0.29, 0.717) is 6.54 Å². The Morgan fingerprint density at radius 1 is 1.29 bits per heavy atom. The Morgan fingerprint density at radius 2 is 2.04 bits per heavy atom. The van der Waals surface area contributed by atoms with Gasteiger partial charge in [-0.25, -0.2) is 0 Å². The van der Waals surface area contributed by atoms with Crippen LogP contribution in [0.4, 0.5) is 0 Å². The molecule has 2 heterocycles. The standard InChI is InChI=1S/C18H21N5O/c1-11-16(12(2)22-21-11)17(19)18(24)23(3)10-13-8-9-20-15-7-5-4-6-14(13)15/h4-9,17H,10,19H2,1-3H3,(H,21,22)/t17-/m0/s1. The normalized spacial score (nSPS) is 12.3. The maximum atomic E-state index is 12.7. The average molecular weight is 323 g/mol. The number of nitrogens with zero attached hydrogens (tertiary/aromatic N) is 3. The summed E-state index contributed by atoms with van der Waals surface area (Å²) in [5.41, 5.74) is 10.5. The molecule has 0 spiro atoms. The summed E-state index contributed by atoms with van der Waals surface area (Å²) in [6.45, 7) is 4.20. The number of hydrogen-bond acceptors (Lipinski definition) is 4. The third-order valence-corrected chi connectivity index (χ3v) is 4.29. The third-order valence-electron chi connectivity index (χ3n) is 4.29. The van der Waals surface area contributed by atoms with Gasteiger partial charge in [0, 0.05) is 36.4 Å². The van der Waals surface area contributed by atoms with Crippen LogP contribution >= 0.6 is 0 Å². The lowest BCUT2D eigenvalue weighted by Gasteiger charge is -2.22. The summed E-state index contributed by atoms with van der Waals surface area (Å²) in [6.07, 6.45) is 1.76. The van der Waals surface area contributed by atoms with Crippen LogP contribution in [0.15, 0.2) is 36.5 Å². The number of hydrogen-bond donors (Lipinski definition) is 2. The molecule has 6 heteroatoms. The van der Waals surface area contributed by atoms with Crippen LogP contribution in [0.25, 0.3) is 10.9 Å². The van der Waals surface area contributed by atoms with E-state index < -0.39 is 6.04 Å². The highest BCUT2D eigenvalue weighted by Gasteiger charge is 2.25. The van der Waals surface area contributed by atoms with Gasteiger partial charge in [0.05, 0.1) is 11.2 Å². The fourth-order valence-corrected chi connectivity index (χ4v) is 3.01. The summed E-state index contributed by atoms with van der Waals surface area (Å²) in [5.74, 6) is -0.136. The number of nitrogens with two attached hydrogens (primary N) is 1. The first kappa shape index (κ1) is 16.1. The second-order valence-electron chi connectivity index (χ2n) is 6.01. The average Bonchev–Trinajstić information content (AvgIpc) is 2.92. The van der Waals surface area contributed by atoms with Crippen LogP contribution in [0.3, 0.4) is 0 Å². The van der Waals surface area contributed by atoms with E-state index in [-0.39, 0.29) is 5.91 Å². The van der Waals surface area contributed by atoms with Crippen molar-refractivity contribution in [2.24, 2.45) is 5.73 Å². The molecular weight excluding hydrogens is 302 g/mol. The lowest BCUT2D eigenvalue weighted by atomic mass is 10.0. The zero-order valence-electron chi connectivity index (χ0n) is 14.1. The Bertz CT molecular complexity index is 861. The smallest absolute Gasteiger partial charge is 0.244 e. The molecule has 0 radical (unpaired) electrons. The Morgan fingerprint density at radius 3 is 2.75 bits per heavy atom. The van der Waals surface area contributed by atoms with Crippen molar-refractivity contribution in [3.05, 3.63) is 59.0 Å². The topological polar surface area (TPSA) is 87.9 Å². The summed E-state index contributed by atoms with van der Waals surface area (Å²) < 4.78 is 0. The number of para-hydroxylation sites is 1. The second kappa shape index (κ2) is 6.41. The molecule has 1 aromatic carbocycles. The van der Waals surface area contributed by atoms with E-state index in [2.05, 4.69) is 15.2 Å². The van der Waals surface area contributed by atoms with Crippen molar-refractivity contribution in [1.29, 1.82) is 0 Å². The number of fused-ring (bicyclic) bond motifs is 1. The number of carbonyl (C=O) groups excluding carboxylic acids is 1. The molecule has 0 bridgehead atoms. The molecular formula is C18H21N5O. The summed E-state index contributed by atoms with van der Waals surface area (Å²) in [5, 5.41) is 8.04. The first-order valence-electron chi connectivity index (χ1n) is 7.83. The third kappa shape index (κ3) is 2.88. The van der Waals surface area contributed by atoms with Gasteiger partial charge in [0.1, 0.15) is 6.04 Å². The molecule has 6 nitrogen and oxygen atoms in total. The number of aromatic nitrogens is 3. The van der Waals surface area contributed by atoms with Gasteiger partial charge >= 0.3 is 0 Å². The van der Waals surface area contributed by atoms with Crippen LogP contribution in [-0.4, -0.2) is 33.0 Å². The van der Waals surface area contributed by atoms with Crippen LogP contribution in [0.2, 0.25) is 0 Å². The van der Waals surface area contributed by atoms with Crippen LogP contribution in [-0.2, 0) is 11.3 Å². The molecule has 124 valence electrons. The van der Waals surface area contributed by atoms with Gasteiger partial charge in [0.25, 0.3) is 0 Å².